The number of hydrogen-bond donors (Lipinski definition) is 0. The summed E-state index contributed by atoms with van der Waals surface area (Å²) in [6, 6.07) is 0. The van der Waals surface area contributed by atoms with E-state index in [-0.39, 0.29) is 0 Å². The van der Waals surface area contributed by atoms with Gasteiger partial charge in [-0.25, -0.2) is 4.99 Å². The molecule has 0 aromatic rings. The van der Waals surface area contributed by atoms with Crippen LogP contribution < -0.4 is 0 Å². The molecule has 0 aromatic carbocycles. The Kier molecular flexibility index (Phi) is 4.84. The highest BCUT2D eigenvalue weighted by Crippen LogP contribution is 2.07. The van der Waals surface area contributed by atoms with Gasteiger partial charge in [0.25, 0.3) is 0 Å². The lowest BCUT2D eigenvalue weighted by atomic mass is 10.2. The molecule has 0 saturated carbocycles. The number of allylic oxidation sites excluding steroid dienone is 2. The Morgan fingerprint density at radius 3 is 2.07 bits per heavy atom. The Hall–Kier alpha value is -0.833. The monoisotopic (exact) mass is 211 g/mol. The van der Waals surface area contributed by atoms with Crippen molar-refractivity contribution >= 4 is 14.2 Å². The highest BCUT2D eigenvalue weighted by molar-refractivity contribution is 6.71. The molecule has 0 amide bonds. The molecular formula is C11H21NOSi. The maximum Gasteiger partial charge on any atom is 0.243 e. The van der Waals surface area contributed by atoms with Crippen LogP contribution in [0.5, 0.6) is 0 Å². The second-order valence-corrected chi connectivity index (χ2v) is 8.88. The van der Waals surface area contributed by atoms with Crippen LogP contribution in [0.4, 0.5) is 0 Å². The number of hydrogen-bond acceptors (Lipinski definition) is 2. The van der Waals surface area contributed by atoms with Gasteiger partial charge in [-0.2, -0.15) is 0 Å². The van der Waals surface area contributed by atoms with Crippen LogP contribution in [0.25, 0.3) is 0 Å². The molecule has 0 atom stereocenters. The Morgan fingerprint density at radius 2 is 1.71 bits per heavy atom. The third-order valence-electron chi connectivity index (χ3n) is 1.57. The summed E-state index contributed by atoms with van der Waals surface area (Å²) in [7, 11) is -1.50. The van der Waals surface area contributed by atoms with Crippen LogP contribution in [-0.2, 0) is 4.43 Å². The Morgan fingerprint density at radius 1 is 1.21 bits per heavy atom. The third-order valence-corrected chi connectivity index (χ3v) is 2.47. The normalized spacial score (nSPS) is 14.1. The average molecular weight is 211 g/mol. The summed E-state index contributed by atoms with van der Waals surface area (Å²) in [6.07, 6.45) is 1.80. The molecule has 0 aliphatic rings. The zero-order valence-electron chi connectivity index (χ0n) is 10.1. The summed E-state index contributed by atoms with van der Waals surface area (Å²) in [5, 5.41) is 0. The third kappa shape index (κ3) is 6.66. The standard InChI is InChI=1S/C11H21NOSi/c1-9(2)10(3)8-12-11(4)13-14(5,6)7/h8H,1H2,2-7H3. The van der Waals surface area contributed by atoms with E-state index in [1.54, 1.807) is 6.20 Å². The van der Waals surface area contributed by atoms with E-state index in [0.29, 0.717) is 0 Å². The Balaban J connectivity index is 4.40. The van der Waals surface area contributed by atoms with E-state index in [4.69, 9.17) is 4.43 Å². The molecule has 0 fully saturated rings. The van der Waals surface area contributed by atoms with Crippen molar-refractivity contribution in [2.75, 3.05) is 0 Å². The molecule has 0 aliphatic carbocycles. The van der Waals surface area contributed by atoms with E-state index in [1.807, 2.05) is 20.8 Å². The lowest BCUT2D eigenvalue weighted by molar-refractivity contribution is 0.547. The fourth-order valence-electron chi connectivity index (χ4n) is 0.767. The van der Waals surface area contributed by atoms with Gasteiger partial charge in [0.05, 0.1) is 0 Å². The van der Waals surface area contributed by atoms with E-state index in [1.165, 1.54) is 0 Å². The zero-order chi connectivity index (χ0) is 11.4. The van der Waals surface area contributed by atoms with Crippen LogP contribution in [0.3, 0.4) is 0 Å². The molecule has 0 unspecified atom stereocenters. The summed E-state index contributed by atoms with van der Waals surface area (Å²) in [5.74, 6) is 0.741. The predicted molar refractivity (Wildman–Crippen MR) is 66.1 cm³/mol. The van der Waals surface area contributed by atoms with E-state index in [9.17, 15) is 0 Å². The van der Waals surface area contributed by atoms with Crippen LogP contribution in [-0.4, -0.2) is 14.2 Å². The summed E-state index contributed by atoms with van der Waals surface area (Å²) < 4.78 is 5.68. The minimum Gasteiger partial charge on any atom is -0.535 e. The quantitative estimate of drug-likeness (QED) is 0.302. The molecular weight excluding hydrogens is 190 g/mol. The van der Waals surface area contributed by atoms with Crippen molar-refractivity contribution in [3.8, 4) is 0 Å². The van der Waals surface area contributed by atoms with Crippen molar-refractivity contribution in [1.29, 1.82) is 0 Å². The minimum atomic E-state index is -1.50. The molecule has 2 nitrogen and oxygen atoms in total. The van der Waals surface area contributed by atoms with E-state index >= 15 is 0 Å². The molecule has 0 aromatic heterocycles. The first-order valence-corrected chi connectivity index (χ1v) is 8.19. The lowest BCUT2D eigenvalue weighted by Gasteiger charge is -2.17. The van der Waals surface area contributed by atoms with Crippen LogP contribution in [0.2, 0.25) is 19.6 Å². The fourth-order valence-corrected chi connectivity index (χ4v) is 1.71. The van der Waals surface area contributed by atoms with Crippen molar-refractivity contribution in [1.82, 2.24) is 0 Å². The SMILES string of the molecule is C=C(C)C(C)=CN=C(C)O[Si](C)(C)C. The maximum atomic E-state index is 5.68. The first kappa shape index (κ1) is 13.2. The van der Waals surface area contributed by atoms with Crippen molar-refractivity contribution in [3.05, 3.63) is 23.9 Å². The van der Waals surface area contributed by atoms with E-state index in [2.05, 4.69) is 31.2 Å². The molecule has 0 bridgehead atoms. The zero-order valence-corrected chi connectivity index (χ0v) is 11.1. The molecule has 0 N–H and O–H groups in total. The Bertz CT molecular complexity index is 272. The second-order valence-electron chi connectivity index (χ2n) is 4.45. The molecule has 0 rings (SSSR count). The minimum absolute atomic E-state index is 0.741. The molecule has 14 heavy (non-hydrogen) atoms. The van der Waals surface area contributed by atoms with Crippen LogP contribution >= 0.6 is 0 Å². The fraction of sp³-hybridized carbons (Fsp3) is 0.545. The number of rotatable bonds is 3. The summed E-state index contributed by atoms with van der Waals surface area (Å²) in [6.45, 7) is 16.1. The molecule has 0 spiro atoms. The summed E-state index contributed by atoms with van der Waals surface area (Å²) >= 11 is 0. The highest BCUT2D eigenvalue weighted by Gasteiger charge is 2.15. The number of nitrogens with zero attached hydrogens (tertiary/aromatic N) is 1. The van der Waals surface area contributed by atoms with Gasteiger partial charge in [0, 0.05) is 13.1 Å². The highest BCUT2D eigenvalue weighted by atomic mass is 28.4. The molecule has 3 heteroatoms. The smallest absolute Gasteiger partial charge is 0.243 e. The predicted octanol–water partition coefficient (Wildman–Crippen LogP) is 3.74. The van der Waals surface area contributed by atoms with Crippen molar-refractivity contribution in [2.45, 2.75) is 40.4 Å². The van der Waals surface area contributed by atoms with Gasteiger partial charge < -0.3 is 4.43 Å². The topological polar surface area (TPSA) is 21.6 Å². The van der Waals surface area contributed by atoms with Gasteiger partial charge in [0.1, 0.15) is 0 Å². The van der Waals surface area contributed by atoms with Crippen LogP contribution in [0.1, 0.15) is 20.8 Å². The molecule has 0 heterocycles. The maximum absolute atomic E-state index is 5.68. The van der Waals surface area contributed by atoms with Gasteiger partial charge in [-0.3, -0.25) is 0 Å². The largest absolute Gasteiger partial charge is 0.535 e. The Labute approximate surface area is 88.5 Å². The first-order valence-electron chi connectivity index (χ1n) is 4.78. The second kappa shape index (κ2) is 5.15. The summed E-state index contributed by atoms with van der Waals surface area (Å²) in [5.41, 5.74) is 2.12. The van der Waals surface area contributed by atoms with Gasteiger partial charge in [0.15, 0.2) is 5.90 Å². The van der Waals surface area contributed by atoms with Crippen LogP contribution in [0, 0.1) is 0 Å². The lowest BCUT2D eigenvalue weighted by Crippen LogP contribution is -2.27. The van der Waals surface area contributed by atoms with Gasteiger partial charge in [-0.15, -0.1) is 0 Å². The van der Waals surface area contributed by atoms with Gasteiger partial charge in [-0.1, -0.05) is 12.2 Å². The van der Waals surface area contributed by atoms with Crippen molar-refractivity contribution in [3.63, 3.8) is 0 Å². The van der Waals surface area contributed by atoms with Gasteiger partial charge >= 0.3 is 0 Å². The molecule has 0 radical (unpaired) electrons. The van der Waals surface area contributed by atoms with E-state index < -0.39 is 8.32 Å². The van der Waals surface area contributed by atoms with Crippen LogP contribution in [0.15, 0.2) is 28.9 Å². The first-order chi connectivity index (χ1) is 6.22. The molecule has 80 valence electrons. The average Bonchev–Trinajstić information content (AvgIpc) is 1.96. The molecule has 0 saturated heterocycles. The number of aliphatic imine (C=N–C) groups is 1. The van der Waals surface area contributed by atoms with E-state index in [0.717, 1.165) is 17.0 Å². The van der Waals surface area contributed by atoms with Gasteiger partial charge in [0.2, 0.25) is 8.32 Å². The van der Waals surface area contributed by atoms with Gasteiger partial charge in [-0.05, 0) is 39.1 Å². The van der Waals surface area contributed by atoms with Crippen molar-refractivity contribution < 1.29 is 4.43 Å². The van der Waals surface area contributed by atoms with Crippen molar-refractivity contribution in [2.24, 2.45) is 4.99 Å². The molecule has 0 aliphatic heterocycles. The summed E-state index contributed by atoms with van der Waals surface area (Å²) in [4.78, 5) is 4.24.